The molecule has 2 N–H and O–H groups in total. The molecule has 0 aromatic rings. The Bertz CT molecular complexity index is 506. The fourth-order valence-corrected chi connectivity index (χ4v) is 6.17. The first kappa shape index (κ1) is 18.2. The molecule has 3 aliphatic rings. The van der Waals surface area contributed by atoms with Crippen LogP contribution in [0.4, 0.5) is 0 Å². The van der Waals surface area contributed by atoms with Crippen molar-refractivity contribution >= 4 is 0 Å². The highest BCUT2D eigenvalue weighted by Crippen LogP contribution is 2.69. The van der Waals surface area contributed by atoms with Gasteiger partial charge in [-0.1, -0.05) is 20.8 Å². The van der Waals surface area contributed by atoms with Crippen molar-refractivity contribution in [3.8, 4) is 12.3 Å². The van der Waals surface area contributed by atoms with Crippen LogP contribution in [0.3, 0.4) is 0 Å². The molecule has 4 nitrogen and oxygen atoms in total. The molecule has 1 aliphatic heterocycles. The van der Waals surface area contributed by atoms with Crippen molar-refractivity contribution in [1.82, 2.24) is 0 Å². The lowest BCUT2D eigenvalue weighted by Gasteiger charge is -2.60. The fraction of sp³-hybridized carbons (Fsp3) is 0.900. The van der Waals surface area contributed by atoms with E-state index in [2.05, 4.69) is 26.7 Å². The van der Waals surface area contributed by atoms with Gasteiger partial charge in [0.25, 0.3) is 0 Å². The summed E-state index contributed by atoms with van der Waals surface area (Å²) >= 11 is 0. The molecule has 0 aromatic carbocycles. The Kier molecular flexibility index (Phi) is 4.77. The maximum atomic E-state index is 11.0. The molecule has 1 saturated heterocycles. The van der Waals surface area contributed by atoms with Crippen LogP contribution in [0.1, 0.15) is 52.9 Å². The second kappa shape index (κ2) is 6.29. The van der Waals surface area contributed by atoms with Crippen molar-refractivity contribution in [2.24, 2.45) is 28.6 Å². The van der Waals surface area contributed by atoms with Crippen LogP contribution in [0.5, 0.6) is 0 Å². The predicted molar refractivity (Wildman–Crippen MR) is 92.0 cm³/mol. The van der Waals surface area contributed by atoms with E-state index in [0.717, 1.165) is 25.7 Å². The summed E-state index contributed by atoms with van der Waals surface area (Å²) in [5.41, 5.74) is -0.440. The predicted octanol–water partition coefficient (Wildman–Crippen LogP) is 2.57. The van der Waals surface area contributed by atoms with E-state index < -0.39 is 11.9 Å². The Labute approximate surface area is 145 Å². The maximum Gasteiger partial charge on any atom is 0.172 e. The van der Waals surface area contributed by atoms with Gasteiger partial charge in [-0.15, -0.1) is 12.3 Å². The first-order valence-corrected chi connectivity index (χ1v) is 9.37. The van der Waals surface area contributed by atoms with E-state index in [1.165, 1.54) is 0 Å². The Morgan fingerprint density at radius 1 is 1.25 bits per heavy atom. The third-order valence-electron chi connectivity index (χ3n) is 7.74. The zero-order valence-electron chi connectivity index (χ0n) is 15.3. The zero-order valence-corrected chi connectivity index (χ0v) is 15.3. The van der Waals surface area contributed by atoms with Crippen LogP contribution in [-0.4, -0.2) is 41.9 Å². The molecule has 0 unspecified atom stereocenters. The second-order valence-electron chi connectivity index (χ2n) is 8.49. The van der Waals surface area contributed by atoms with Crippen LogP contribution in [0.15, 0.2) is 0 Å². The van der Waals surface area contributed by atoms with Gasteiger partial charge in [0, 0.05) is 30.8 Å². The summed E-state index contributed by atoms with van der Waals surface area (Å²) in [7, 11) is 0. The smallest absolute Gasteiger partial charge is 0.172 e. The van der Waals surface area contributed by atoms with Crippen molar-refractivity contribution in [2.45, 2.75) is 64.8 Å². The summed E-state index contributed by atoms with van der Waals surface area (Å²) in [5, 5.41) is 21.0. The molecule has 3 rings (SSSR count). The monoisotopic (exact) mass is 336 g/mol. The largest absolute Gasteiger partial charge is 0.396 e. The molecular formula is C20H32O4. The van der Waals surface area contributed by atoms with Gasteiger partial charge in [0.2, 0.25) is 0 Å². The molecule has 0 aromatic heterocycles. The molecule has 4 heteroatoms. The Morgan fingerprint density at radius 3 is 2.50 bits per heavy atom. The average molecular weight is 336 g/mol. The Hall–Kier alpha value is -0.600. The van der Waals surface area contributed by atoms with Crippen molar-refractivity contribution in [3.63, 3.8) is 0 Å². The average Bonchev–Trinajstić information content (AvgIpc) is 3.18. The van der Waals surface area contributed by atoms with Crippen molar-refractivity contribution < 1.29 is 19.7 Å². The molecule has 3 fully saturated rings. The summed E-state index contributed by atoms with van der Waals surface area (Å²) in [6, 6.07) is 0. The molecular weight excluding hydrogens is 304 g/mol. The lowest BCUT2D eigenvalue weighted by molar-refractivity contribution is -0.266. The fourth-order valence-electron chi connectivity index (χ4n) is 6.17. The minimum atomic E-state index is -0.623. The van der Waals surface area contributed by atoms with Crippen LogP contribution in [0.25, 0.3) is 0 Å². The van der Waals surface area contributed by atoms with Crippen LogP contribution in [0.2, 0.25) is 0 Å². The summed E-state index contributed by atoms with van der Waals surface area (Å²) in [6.07, 6.45) is 9.19. The normalized spacial score (nSPS) is 43.3. The molecule has 136 valence electrons. The third-order valence-corrected chi connectivity index (χ3v) is 7.74. The van der Waals surface area contributed by atoms with E-state index in [1.807, 2.05) is 0 Å². The highest BCUT2D eigenvalue weighted by molar-refractivity contribution is 5.16. The third kappa shape index (κ3) is 2.29. The molecule has 1 heterocycles. The minimum absolute atomic E-state index is 0.0502. The van der Waals surface area contributed by atoms with Gasteiger partial charge in [0.05, 0.1) is 19.3 Å². The van der Waals surface area contributed by atoms with Gasteiger partial charge in [-0.2, -0.15) is 0 Å². The topological polar surface area (TPSA) is 58.9 Å². The number of hydrogen-bond donors (Lipinski definition) is 2. The molecule has 0 radical (unpaired) electrons. The first-order valence-electron chi connectivity index (χ1n) is 9.37. The summed E-state index contributed by atoms with van der Waals surface area (Å²) < 4.78 is 12.4. The first-order chi connectivity index (χ1) is 11.4. The van der Waals surface area contributed by atoms with Gasteiger partial charge in [0.1, 0.15) is 0 Å². The van der Waals surface area contributed by atoms with Crippen LogP contribution >= 0.6 is 0 Å². The number of terminal acetylenes is 1. The summed E-state index contributed by atoms with van der Waals surface area (Å²) in [5.74, 6) is 2.55. The second-order valence-corrected chi connectivity index (χ2v) is 8.49. The summed E-state index contributed by atoms with van der Waals surface area (Å²) in [4.78, 5) is 0. The standard InChI is InChI=1S/C20H32O4/c1-5-6-16(22)18(4)14(2)7-8-19(15(3)13-21)9-10-20(17(18)19)23-11-12-24-20/h1,14-17,21-22H,6-13H2,2-4H3/t14-,15-,16-,17+,18+,19+/m1/s1. The van der Waals surface area contributed by atoms with Gasteiger partial charge < -0.3 is 19.7 Å². The molecule has 1 spiro atoms. The molecule has 0 bridgehead atoms. The number of hydrogen-bond acceptors (Lipinski definition) is 4. The van der Waals surface area contributed by atoms with Crippen molar-refractivity contribution in [1.29, 1.82) is 0 Å². The van der Waals surface area contributed by atoms with Crippen LogP contribution < -0.4 is 0 Å². The Morgan fingerprint density at radius 2 is 1.92 bits per heavy atom. The van der Waals surface area contributed by atoms with Gasteiger partial charge >= 0.3 is 0 Å². The van der Waals surface area contributed by atoms with E-state index in [4.69, 9.17) is 15.9 Å². The summed E-state index contributed by atoms with van der Waals surface area (Å²) in [6.45, 7) is 7.88. The molecule has 24 heavy (non-hydrogen) atoms. The number of fused-ring (bicyclic) bond motifs is 2. The lowest BCUT2D eigenvalue weighted by atomic mass is 9.47. The number of aliphatic hydroxyl groups is 2. The molecule has 6 atom stereocenters. The molecule has 2 aliphatic carbocycles. The number of rotatable bonds is 4. The van der Waals surface area contributed by atoms with Crippen LogP contribution in [0, 0.1) is 40.9 Å². The molecule has 2 saturated carbocycles. The van der Waals surface area contributed by atoms with Crippen molar-refractivity contribution in [2.75, 3.05) is 19.8 Å². The van der Waals surface area contributed by atoms with E-state index in [9.17, 15) is 10.2 Å². The SMILES string of the molecule is C#CC[C@@H](O)[C@]1(C)[C@H](C)CC[C@@]2([C@H](C)CO)CCC3(OCCO3)[C@H]21. The van der Waals surface area contributed by atoms with Gasteiger partial charge in [0.15, 0.2) is 5.79 Å². The van der Waals surface area contributed by atoms with Crippen LogP contribution in [-0.2, 0) is 9.47 Å². The lowest BCUT2D eigenvalue weighted by Crippen LogP contribution is -2.61. The highest BCUT2D eigenvalue weighted by Gasteiger charge is 2.70. The number of aliphatic hydroxyl groups excluding tert-OH is 2. The highest BCUT2D eigenvalue weighted by atomic mass is 16.7. The zero-order chi connectivity index (χ0) is 17.6. The quantitative estimate of drug-likeness (QED) is 0.775. The van der Waals surface area contributed by atoms with E-state index in [0.29, 0.717) is 25.6 Å². The van der Waals surface area contributed by atoms with E-state index >= 15 is 0 Å². The van der Waals surface area contributed by atoms with E-state index in [1.54, 1.807) is 0 Å². The van der Waals surface area contributed by atoms with Gasteiger partial charge in [-0.25, -0.2) is 0 Å². The molecule has 0 amide bonds. The van der Waals surface area contributed by atoms with E-state index in [-0.39, 0.29) is 29.3 Å². The van der Waals surface area contributed by atoms with Crippen molar-refractivity contribution in [3.05, 3.63) is 0 Å². The number of ether oxygens (including phenoxy) is 2. The Balaban J connectivity index is 2.11. The van der Waals surface area contributed by atoms with Gasteiger partial charge in [-0.05, 0) is 36.5 Å². The maximum absolute atomic E-state index is 11.0. The van der Waals surface area contributed by atoms with Gasteiger partial charge in [-0.3, -0.25) is 0 Å². The minimum Gasteiger partial charge on any atom is -0.396 e.